The summed E-state index contributed by atoms with van der Waals surface area (Å²) in [7, 11) is 0. The molecule has 0 spiro atoms. The summed E-state index contributed by atoms with van der Waals surface area (Å²) in [6.45, 7) is 8.26. The molecule has 0 saturated carbocycles. The third-order valence-electron chi connectivity index (χ3n) is 4.24. The van der Waals surface area contributed by atoms with Gasteiger partial charge in [0.25, 0.3) is 0 Å². The Hall–Kier alpha value is -1.53. The number of amides is 2. The van der Waals surface area contributed by atoms with Gasteiger partial charge in [0.1, 0.15) is 0 Å². The van der Waals surface area contributed by atoms with E-state index in [-0.39, 0.29) is 11.8 Å². The molecule has 1 aliphatic heterocycles. The van der Waals surface area contributed by atoms with Gasteiger partial charge >= 0.3 is 0 Å². The maximum absolute atomic E-state index is 12.3. The van der Waals surface area contributed by atoms with Gasteiger partial charge in [-0.05, 0) is 18.9 Å². The van der Waals surface area contributed by atoms with Crippen molar-refractivity contribution in [2.45, 2.75) is 26.0 Å². The van der Waals surface area contributed by atoms with Crippen molar-refractivity contribution in [1.82, 2.24) is 15.1 Å². The van der Waals surface area contributed by atoms with Crippen LogP contribution in [0.3, 0.4) is 0 Å². The van der Waals surface area contributed by atoms with E-state index < -0.39 is 0 Å². The lowest BCUT2D eigenvalue weighted by Gasteiger charge is -2.34. The van der Waals surface area contributed by atoms with E-state index in [1.165, 1.54) is 11.1 Å². The van der Waals surface area contributed by atoms with Crippen molar-refractivity contribution in [3.05, 3.63) is 35.4 Å². The first-order chi connectivity index (χ1) is 12.1. The Kier molecular flexibility index (Phi) is 8.28. The van der Waals surface area contributed by atoms with Crippen molar-refractivity contribution in [1.29, 1.82) is 0 Å². The monoisotopic (exact) mass is 363 g/mol. The predicted molar refractivity (Wildman–Crippen MR) is 104 cm³/mol. The number of nitrogens with one attached hydrogen (secondary N) is 1. The summed E-state index contributed by atoms with van der Waals surface area (Å²) < 4.78 is 0. The first kappa shape index (κ1) is 19.8. The maximum atomic E-state index is 12.3. The second-order valence-electron chi connectivity index (χ2n) is 6.49. The van der Waals surface area contributed by atoms with Gasteiger partial charge in [-0.1, -0.05) is 36.8 Å². The molecule has 0 atom stereocenters. The molecule has 5 nitrogen and oxygen atoms in total. The van der Waals surface area contributed by atoms with Crippen molar-refractivity contribution in [2.24, 2.45) is 0 Å². The highest BCUT2D eigenvalue weighted by atomic mass is 32.2. The number of hydrogen-bond donors (Lipinski definition) is 1. The molecule has 1 aromatic rings. The van der Waals surface area contributed by atoms with E-state index in [1.54, 1.807) is 11.8 Å². The molecule has 1 N–H and O–H groups in total. The van der Waals surface area contributed by atoms with Gasteiger partial charge in [-0.25, -0.2) is 0 Å². The Morgan fingerprint density at radius 3 is 2.64 bits per heavy atom. The normalized spacial score (nSPS) is 15.2. The zero-order valence-corrected chi connectivity index (χ0v) is 16.1. The lowest BCUT2D eigenvalue weighted by Crippen LogP contribution is -2.51. The van der Waals surface area contributed by atoms with Crippen LogP contribution in [0.15, 0.2) is 24.3 Å². The van der Waals surface area contributed by atoms with Crippen molar-refractivity contribution >= 4 is 23.6 Å². The first-order valence-corrected chi connectivity index (χ1v) is 10.1. The van der Waals surface area contributed by atoms with Crippen molar-refractivity contribution in [2.75, 3.05) is 45.0 Å². The smallest absolute Gasteiger partial charge is 0.234 e. The molecule has 25 heavy (non-hydrogen) atoms. The molecule has 0 bridgehead atoms. The molecular formula is C19H29N3O2S. The van der Waals surface area contributed by atoms with E-state index in [0.717, 1.165) is 31.8 Å². The number of piperazine rings is 1. The summed E-state index contributed by atoms with van der Waals surface area (Å²) in [5.74, 6) is 1.67. The Bertz CT molecular complexity index is 572. The fourth-order valence-corrected chi connectivity index (χ4v) is 3.70. The minimum absolute atomic E-state index is 0.0790. The second kappa shape index (κ2) is 10.5. The zero-order valence-electron chi connectivity index (χ0n) is 15.3. The van der Waals surface area contributed by atoms with Gasteiger partial charge in [0.05, 0.1) is 12.3 Å². The molecule has 138 valence electrons. The van der Waals surface area contributed by atoms with Gasteiger partial charge in [-0.3, -0.25) is 14.5 Å². The largest absolute Gasteiger partial charge is 0.355 e. The Morgan fingerprint density at radius 1 is 1.20 bits per heavy atom. The fourth-order valence-electron chi connectivity index (χ4n) is 2.83. The number of hydrogen-bond acceptors (Lipinski definition) is 4. The van der Waals surface area contributed by atoms with Crippen LogP contribution in [0.4, 0.5) is 0 Å². The van der Waals surface area contributed by atoms with Crippen molar-refractivity contribution in [3.8, 4) is 0 Å². The topological polar surface area (TPSA) is 52.7 Å². The van der Waals surface area contributed by atoms with Gasteiger partial charge in [0.15, 0.2) is 0 Å². The summed E-state index contributed by atoms with van der Waals surface area (Å²) in [6, 6.07) is 8.41. The van der Waals surface area contributed by atoms with Crippen LogP contribution < -0.4 is 5.32 Å². The number of nitrogens with zero attached hydrogens (tertiary/aromatic N) is 2. The molecular weight excluding hydrogens is 334 g/mol. The highest BCUT2D eigenvalue weighted by molar-refractivity contribution is 7.99. The van der Waals surface area contributed by atoms with Crippen LogP contribution in [0.5, 0.6) is 0 Å². The highest BCUT2D eigenvalue weighted by Crippen LogP contribution is 2.14. The van der Waals surface area contributed by atoms with E-state index in [4.69, 9.17) is 0 Å². The molecule has 2 rings (SSSR count). The van der Waals surface area contributed by atoms with Crippen LogP contribution in [-0.4, -0.2) is 66.6 Å². The number of aryl methyl sites for hydroxylation is 1. The minimum atomic E-state index is 0.0790. The lowest BCUT2D eigenvalue weighted by atomic mass is 10.2. The zero-order chi connectivity index (χ0) is 18.1. The van der Waals surface area contributed by atoms with Gasteiger partial charge in [-0.15, -0.1) is 11.8 Å². The average molecular weight is 364 g/mol. The van der Waals surface area contributed by atoms with Gasteiger partial charge in [0, 0.05) is 38.5 Å². The number of thioether (sulfide) groups is 1. The van der Waals surface area contributed by atoms with Crippen LogP contribution in [0.25, 0.3) is 0 Å². The van der Waals surface area contributed by atoms with Crippen LogP contribution in [0, 0.1) is 6.92 Å². The Labute approximate surface area is 155 Å². The molecule has 0 radical (unpaired) electrons. The molecule has 0 unspecified atom stereocenters. The lowest BCUT2D eigenvalue weighted by molar-refractivity contribution is -0.130. The second-order valence-corrected chi connectivity index (χ2v) is 7.47. The summed E-state index contributed by atoms with van der Waals surface area (Å²) in [5, 5.41) is 2.90. The van der Waals surface area contributed by atoms with Gasteiger partial charge in [0.2, 0.25) is 11.8 Å². The van der Waals surface area contributed by atoms with E-state index in [1.807, 2.05) is 11.8 Å². The maximum Gasteiger partial charge on any atom is 0.234 e. The molecule has 1 aromatic carbocycles. The molecule has 0 aromatic heterocycles. The average Bonchev–Trinajstić information content (AvgIpc) is 2.60. The molecule has 1 aliphatic rings. The molecule has 6 heteroatoms. The summed E-state index contributed by atoms with van der Waals surface area (Å²) in [5.41, 5.74) is 2.52. The Morgan fingerprint density at radius 2 is 1.96 bits per heavy atom. The highest BCUT2D eigenvalue weighted by Gasteiger charge is 2.22. The SMILES string of the molecule is CCCNC(=O)CN1CCN(C(=O)CSCc2cccc(C)c2)CC1. The van der Waals surface area contributed by atoms with Crippen LogP contribution in [0.2, 0.25) is 0 Å². The van der Waals surface area contributed by atoms with E-state index in [0.29, 0.717) is 25.4 Å². The summed E-state index contributed by atoms with van der Waals surface area (Å²) >= 11 is 1.67. The van der Waals surface area contributed by atoms with Gasteiger partial charge < -0.3 is 10.2 Å². The predicted octanol–water partition coefficient (Wildman–Crippen LogP) is 1.90. The van der Waals surface area contributed by atoms with Crippen LogP contribution in [0.1, 0.15) is 24.5 Å². The molecule has 0 aliphatic carbocycles. The van der Waals surface area contributed by atoms with Crippen LogP contribution in [-0.2, 0) is 15.3 Å². The third-order valence-corrected chi connectivity index (χ3v) is 5.23. The number of carbonyl (C=O) groups is 2. The summed E-state index contributed by atoms with van der Waals surface area (Å²) in [4.78, 5) is 28.1. The third kappa shape index (κ3) is 7.08. The molecule has 1 saturated heterocycles. The standard InChI is InChI=1S/C19H29N3O2S/c1-3-7-20-18(23)13-21-8-10-22(11-9-21)19(24)15-25-14-17-6-4-5-16(2)12-17/h4-6,12H,3,7-11,13-15H2,1-2H3,(H,20,23). The van der Waals surface area contributed by atoms with Crippen LogP contribution >= 0.6 is 11.8 Å². The first-order valence-electron chi connectivity index (χ1n) is 8.98. The molecule has 2 amide bonds. The van der Waals surface area contributed by atoms with E-state index in [9.17, 15) is 9.59 Å². The van der Waals surface area contributed by atoms with Crippen molar-refractivity contribution in [3.63, 3.8) is 0 Å². The molecule has 1 heterocycles. The number of benzene rings is 1. The quantitative estimate of drug-likeness (QED) is 0.766. The van der Waals surface area contributed by atoms with E-state index in [2.05, 4.69) is 41.4 Å². The summed E-state index contributed by atoms with van der Waals surface area (Å²) in [6.07, 6.45) is 0.953. The fraction of sp³-hybridized carbons (Fsp3) is 0.579. The minimum Gasteiger partial charge on any atom is -0.355 e. The Balaban J connectivity index is 1.64. The van der Waals surface area contributed by atoms with E-state index >= 15 is 0 Å². The molecule has 1 fully saturated rings. The number of rotatable bonds is 8. The number of carbonyl (C=O) groups excluding carboxylic acids is 2. The van der Waals surface area contributed by atoms with Crippen molar-refractivity contribution < 1.29 is 9.59 Å². The van der Waals surface area contributed by atoms with Gasteiger partial charge in [-0.2, -0.15) is 0 Å².